The van der Waals surface area contributed by atoms with Gasteiger partial charge in [0.1, 0.15) is 6.10 Å². The van der Waals surface area contributed by atoms with Crippen LogP contribution in [0.25, 0.3) is 0 Å². The molecular weight excluding hydrogens is 469 g/mol. The van der Waals surface area contributed by atoms with Crippen molar-refractivity contribution in [2.75, 3.05) is 23.7 Å². The molecule has 3 N–H and O–H groups in total. The van der Waals surface area contributed by atoms with Gasteiger partial charge in [0.2, 0.25) is 0 Å². The monoisotopic (exact) mass is 494 g/mol. The number of benzene rings is 1. The summed E-state index contributed by atoms with van der Waals surface area (Å²) in [5.74, 6) is -2.89. The summed E-state index contributed by atoms with van der Waals surface area (Å²) >= 11 is 0. The summed E-state index contributed by atoms with van der Waals surface area (Å²) < 4.78 is 37.9. The number of pyridine rings is 1. The molecule has 1 aromatic heterocycles. The Bertz CT molecular complexity index is 1010. The van der Waals surface area contributed by atoms with Crippen LogP contribution in [-0.4, -0.2) is 63.9 Å². The molecule has 0 aliphatic carbocycles. The fraction of sp³-hybridized carbons (Fsp3) is 0.391. The van der Waals surface area contributed by atoms with Crippen molar-refractivity contribution in [3.05, 3.63) is 54.9 Å². The molecule has 0 bridgehead atoms. The minimum Gasteiger partial charge on any atom is -0.475 e. The summed E-state index contributed by atoms with van der Waals surface area (Å²) in [6.07, 6.45) is 0.766. The molecule has 0 radical (unpaired) electrons. The second-order valence-corrected chi connectivity index (χ2v) is 8.15. The number of hydrogen-bond acceptors (Lipinski definition) is 5. The molecule has 2 aliphatic heterocycles. The van der Waals surface area contributed by atoms with Crippen LogP contribution >= 0.6 is 0 Å². The van der Waals surface area contributed by atoms with Crippen LogP contribution < -0.4 is 10.6 Å². The first kappa shape index (κ1) is 25.9. The molecule has 3 amide bonds. The van der Waals surface area contributed by atoms with Gasteiger partial charge in [0.25, 0.3) is 5.91 Å². The number of urea groups is 1. The number of nitrogens with one attached hydrogen (secondary N) is 2. The molecule has 1 unspecified atom stereocenters. The van der Waals surface area contributed by atoms with Crippen LogP contribution in [0, 0.1) is 0 Å². The Labute approximate surface area is 199 Å². The zero-order chi connectivity index (χ0) is 25.5. The normalized spacial score (nSPS) is 18.8. The van der Waals surface area contributed by atoms with Gasteiger partial charge in [-0.3, -0.25) is 9.78 Å². The van der Waals surface area contributed by atoms with E-state index in [4.69, 9.17) is 14.6 Å². The second kappa shape index (κ2) is 11.2. The molecule has 2 fully saturated rings. The van der Waals surface area contributed by atoms with Gasteiger partial charge in [-0.2, -0.15) is 13.2 Å². The van der Waals surface area contributed by atoms with E-state index in [1.54, 1.807) is 24.5 Å². The molecule has 188 valence electrons. The highest BCUT2D eigenvalue weighted by molar-refractivity contribution is 5.94. The number of amides is 3. The van der Waals surface area contributed by atoms with Crippen molar-refractivity contribution in [3.63, 3.8) is 0 Å². The van der Waals surface area contributed by atoms with E-state index >= 15 is 0 Å². The van der Waals surface area contributed by atoms with E-state index in [2.05, 4.69) is 15.6 Å². The lowest BCUT2D eigenvalue weighted by Crippen LogP contribution is -2.48. The topological polar surface area (TPSA) is 121 Å². The predicted molar refractivity (Wildman–Crippen MR) is 120 cm³/mol. The lowest BCUT2D eigenvalue weighted by atomic mass is 9.88. The number of carboxylic acids is 1. The lowest BCUT2D eigenvalue weighted by Gasteiger charge is -2.39. The molecule has 4 rings (SSSR count). The number of aliphatic carboxylic acids is 1. The van der Waals surface area contributed by atoms with E-state index in [1.807, 2.05) is 35.2 Å². The lowest BCUT2D eigenvalue weighted by molar-refractivity contribution is -0.192. The number of halogens is 3. The average molecular weight is 494 g/mol. The number of likely N-dealkylation sites (tertiary alicyclic amines) is 1. The van der Waals surface area contributed by atoms with E-state index in [-0.39, 0.29) is 17.5 Å². The molecule has 12 heteroatoms. The first-order valence-electron chi connectivity index (χ1n) is 10.9. The molecule has 2 saturated heterocycles. The largest absolute Gasteiger partial charge is 0.490 e. The number of alkyl halides is 3. The highest BCUT2D eigenvalue weighted by Crippen LogP contribution is 2.39. The molecule has 1 aromatic carbocycles. The van der Waals surface area contributed by atoms with Crippen LogP contribution in [0.1, 0.15) is 25.7 Å². The third-order valence-electron chi connectivity index (χ3n) is 5.71. The van der Waals surface area contributed by atoms with Crippen molar-refractivity contribution < 1.29 is 37.4 Å². The number of hydrogen-bond donors (Lipinski definition) is 3. The zero-order valence-corrected chi connectivity index (χ0v) is 18.6. The van der Waals surface area contributed by atoms with Crippen molar-refractivity contribution in [1.29, 1.82) is 0 Å². The third kappa shape index (κ3) is 7.41. The molecular formula is C23H25F3N4O5. The summed E-state index contributed by atoms with van der Waals surface area (Å²) in [7, 11) is 0. The molecule has 2 aromatic rings. The Morgan fingerprint density at radius 3 is 2.20 bits per heavy atom. The van der Waals surface area contributed by atoms with Crippen molar-refractivity contribution in [2.24, 2.45) is 0 Å². The van der Waals surface area contributed by atoms with E-state index in [1.165, 1.54) is 0 Å². The number of carboxylic acid groups (broad SMARTS) is 1. The number of piperidine rings is 1. The van der Waals surface area contributed by atoms with Gasteiger partial charge in [0.15, 0.2) is 0 Å². The SMILES string of the molecule is O=C(Nc1cccnc1)C1CCC2(CCN(C(=O)Nc3ccccc3)CC2)O1.O=C(O)C(F)(F)F. The first-order valence-corrected chi connectivity index (χ1v) is 10.9. The smallest absolute Gasteiger partial charge is 0.475 e. The van der Waals surface area contributed by atoms with Crippen molar-refractivity contribution >= 4 is 29.3 Å². The van der Waals surface area contributed by atoms with Crippen LogP contribution in [0.5, 0.6) is 0 Å². The number of rotatable bonds is 3. The summed E-state index contributed by atoms with van der Waals surface area (Å²) in [6.45, 7) is 1.24. The Balaban J connectivity index is 0.000000429. The van der Waals surface area contributed by atoms with Crippen LogP contribution in [0.4, 0.5) is 29.3 Å². The number of para-hydroxylation sites is 1. The Hall–Kier alpha value is -3.67. The van der Waals surface area contributed by atoms with Crippen molar-refractivity contribution in [1.82, 2.24) is 9.88 Å². The maximum atomic E-state index is 12.5. The highest BCUT2D eigenvalue weighted by atomic mass is 19.4. The number of carbonyl (C=O) groups excluding carboxylic acids is 2. The summed E-state index contributed by atoms with van der Waals surface area (Å²) in [5.41, 5.74) is 1.15. The minimum atomic E-state index is -5.08. The van der Waals surface area contributed by atoms with Gasteiger partial charge in [0, 0.05) is 25.0 Å². The van der Waals surface area contributed by atoms with Crippen LogP contribution in [-0.2, 0) is 14.3 Å². The van der Waals surface area contributed by atoms with Gasteiger partial charge in [-0.05, 0) is 49.9 Å². The zero-order valence-electron chi connectivity index (χ0n) is 18.6. The van der Waals surface area contributed by atoms with Crippen LogP contribution in [0.2, 0.25) is 0 Å². The molecule has 35 heavy (non-hydrogen) atoms. The van der Waals surface area contributed by atoms with E-state index in [0.29, 0.717) is 25.2 Å². The van der Waals surface area contributed by atoms with Gasteiger partial charge < -0.3 is 25.4 Å². The van der Waals surface area contributed by atoms with Gasteiger partial charge >= 0.3 is 18.2 Å². The Kier molecular flexibility index (Phi) is 8.28. The quantitative estimate of drug-likeness (QED) is 0.595. The number of carbonyl (C=O) groups is 3. The van der Waals surface area contributed by atoms with E-state index in [0.717, 1.165) is 24.9 Å². The molecule has 2 aliphatic rings. The van der Waals surface area contributed by atoms with Crippen molar-refractivity contribution in [3.8, 4) is 0 Å². The van der Waals surface area contributed by atoms with Crippen LogP contribution in [0.3, 0.4) is 0 Å². The summed E-state index contributed by atoms with van der Waals surface area (Å²) in [4.78, 5) is 39.6. The Morgan fingerprint density at radius 1 is 1.00 bits per heavy atom. The number of nitrogens with zero attached hydrogens (tertiary/aromatic N) is 2. The predicted octanol–water partition coefficient (Wildman–Crippen LogP) is 3.90. The Morgan fingerprint density at radius 2 is 1.63 bits per heavy atom. The molecule has 1 atom stereocenters. The van der Waals surface area contributed by atoms with Gasteiger partial charge in [-0.1, -0.05) is 18.2 Å². The number of aromatic nitrogens is 1. The van der Waals surface area contributed by atoms with E-state index < -0.39 is 18.2 Å². The molecule has 9 nitrogen and oxygen atoms in total. The summed E-state index contributed by atoms with van der Waals surface area (Å²) in [5, 5.41) is 12.9. The van der Waals surface area contributed by atoms with Gasteiger partial charge in [-0.25, -0.2) is 9.59 Å². The fourth-order valence-electron chi connectivity index (χ4n) is 3.87. The summed E-state index contributed by atoms with van der Waals surface area (Å²) in [6, 6.07) is 12.9. The standard InChI is InChI=1S/C21H24N4O3.C2HF3O2/c26-19(23-17-7-4-12-22-15-17)18-8-9-21(28-18)10-13-25(14-11-21)20(27)24-16-5-2-1-3-6-16;3-2(4,5)1(6)7/h1-7,12,15,18H,8-11,13-14H2,(H,23,26)(H,24,27);(H,6,7). The first-order chi connectivity index (χ1) is 16.6. The molecule has 3 heterocycles. The second-order valence-electron chi connectivity index (χ2n) is 8.15. The van der Waals surface area contributed by atoms with E-state index in [9.17, 15) is 22.8 Å². The van der Waals surface area contributed by atoms with Gasteiger partial charge in [0.05, 0.1) is 17.5 Å². The van der Waals surface area contributed by atoms with Crippen molar-refractivity contribution in [2.45, 2.75) is 43.6 Å². The maximum Gasteiger partial charge on any atom is 0.490 e. The number of ether oxygens (including phenoxy) is 1. The van der Waals surface area contributed by atoms with Gasteiger partial charge in [-0.15, -0.1) is 0 Å². The fourth-order valence-corrected chi connectivity index (χ4v) is 3.87. The minimum absolute atomic E-state index is 0.0927. The number of anilines is 2. The molecule has 1 spiro atoms. The third-order valence-corrected chi connectivity index (χ3v) is 5.71. The average Bonchev–Trinajstić information content (AvgIpc) is 3.24. The molecule has 0 saturated carbocycles. The van der Waals surface area contributed by atoms with Crippen LogP contribution in [0.15, 0.2) is 54.9 Å². The highest BCUT2D eigenvalue weighted by Gasteiger charge is 2.45. The maximum absolute atomic E-state index is 12.5.